The highest BCUT2D eigenvalue weighted by Gasteiger charge is 2.51. The van der Waals surface area contributed by atoms with Gasteiger partial charge in [0.05, 0.1) is 12.0 Å². The molecule has 1 aliphatic heterocycles. The van der Waals surface area contributed by atoms with Crippen LogP contribution in [0.2, 0.25) is 0 Å². The van der Waals surface area contributed by atoms with Crippen molar-refractivity contribution in [1.82, 2.24) is 0 Å². The van der Waals surface area contributed by atoms with Gasteiger partial charge in [-0.3, -0.25) is 9.59 Å². The first-order valence-electron chi connectivity index (χ1n) is 10.1. The summed E-state index contributed by atoms with van der Waals surface area (Å²) in [6.45, 7) is 2.12. The van der Waals surface area contributed by atoms with Crippen LogP contribution in [0.4, 0.5) is 0 Å². The van der Waals surface area contributed by atoms with E-state index in [-0.39, 0.29) is 41.8 Å². The van der Waals surface area contributed by atoms with Crippen LogP contribution in [0.5, 0.6) is 0 Å². The van der Waals surface area contributed by atoms with Gasteiger partial charge in [-0.15, -0.1) is 0 Å². The lowest BCUT2D eigenvalue weighted by Gasteiger charge is -2.23. The second kappa shape index (κ2) is 9.16. The predicted octanol–water partition coefficient (Wildman–Crippen LogP) is 4.09. The van der Waals surface area contributed by atoms with Gasteiger partial charge >= 0.3 is 11.9 Å². The standard InChI is InChI=1S/C22H28O5/c1-2-3-5-10-16(23)11-12-17-18-13-21(24)26-20(18)14-19(17)27-22(25)15-8-6-4-7-9-15/h4,6-9,17-20H,2-3,5,10-14H2,1H3/t17-,18-,19-,20?/m1/s1. The summed E-state index contributed by atoms with van der Waals surface area (Å²) in [5.74, 6) is -0.229. The Morgan fingerprint density at radius 3 is 2.67 bits per heavy atom. The Balaban J connectivity index is 1.60. The third kappa shape index (κ3) is 4.96. The van der Waals surface area contributed by atoms with Gasteiger partial charge in [0.1, 0.15) is 18.0 Å². The van der Waals surface area contributed by atoms with Gasteiger partial charge in [0.2, 0.25) is 0 Å². The van der Waals surface area contributed by atoms with Crippen molar-refractivity contribution >= 4 is 17.7 Å². The molecule has 1 heterocycles. The van der Waals surface area contributed by atoms with E-state index in [1.807, 2.05) is 6.07 Å². The molecule has 1 aromatic rings. The molecule has 27 heavy (non-hydrogen) atoms. The summed E-state index contributed by atoms with van der Waals surface area (Å²) in [5, 5.41) is 0. The quantitative estimate of drug-likeness (QED) is 0.482. The summed E-state index contributed by atoms with van der Waals surface area (Å²) in [7, 11) is 0. The first-order valence-corrected chi connectivity index (χ1v) is 10.1. The highest BCUT2D eigenvalue weighted by Crippen LogP contribution is 2.45. The molecular weight excluding hydrogens is 344 g/mol. The van der Waals surface area contributed by atoms with Crippen LogP contribution in [0.25, 0.3) is 0 Å². The second-order valence-electron chi connectivity index (χ2n) is 7.64. The zero-order valence-electron chi connectivity index (χ0n) is 15.9. The Morgan fingerprint density at radius 2 is 1.93 bits per heavy atom. The molecule has 146 valence electrons. The molecule has 0 aromatic heterocycles. The number of carbonyl (C=O) groups excluding carboxylic acids is 3. The number of hydrogen-bond acceptors (Lipinski definition) is 5. The molecule has 0 radical (unpaired) electrons. The van der Waals surface area contributed by atoms with Crippen molar-refractivity contribution in [2.24, 2.45) is 11.8 Å². The van der Waals surface area contributed by atoms with E-state index in [0.29, 0.717) is 37.7 Å². The topological polar surface area (TPSA) is 69.7 Å². The van der Waals surface area contributed by atoms with Gasteiger partial charge < -0.3 is 9.47 Å². The summed E-state index contributed by atoms with van der Waals surface area (Å²) >= 11 is 0. The van der Waals surface area contributed by atoms with Gasteiger partial charge in [-0.2, -0.15) is 0 Å². The second-order valence-corrected chi connectivity index (χ2v) is 7.64. The van der Waals surface area contributed by atoms with Gasteiger partial charge in [-0.05, 0) is 25.0 Å². The number of carbonyl (C=O) groups is 3. The van der Waals surface area contributed by atoms with Crippen molar-refractivity contribution in [1.29, 1.82) is 0 Å². The van der Waals surface area contributed by atoms with E-state index in [0.717, 1.165) is 19.3 Å². The molecule has 2 aliphatic rings. The molecule has 1 aliphatic carbocycles. The average molecular weight is 372 g/mol. The Bertz CT molecular complexity index is 669. The number of benzene rings is 1. The van der Waals surface area contributed by atoms with E-state index >= 15 is 0 Å². The number of unbranched alkanes of at least 4 members (excludes halogenated alkanes) is 2. The van der Waals surface area contributed by atoms with Crippen molar-refractivity contribution in [2.45, 2.75) is 70.5 Å². The number of Topliss-reactive ketones (excluding diaryl/α,β-unsaturated/α-hetero) is 1. The van der Waals surface area contributed by atoms with E-state index in [1.54, 1.807) is 24.3 Å². The Hall–Kier alpha value is -2.17. The maximum Gasteiger partial charge on any atom is 0.338 e. The zero-order chi connectivity index (χ0) is 19.2. The van der Waals surface area contributed by atoms with Gasteiger partial charge in [-0.1, -0.05) is 38.0 Å². The number of ketones is 1. The van der Waals surface area contributed by atoms with Gasteiger partial charge in [0.25, 0.3) is 0 Å². The number of esters is 2. The van der Waals surface area contributed by atoms with Crippen LogP contribution in [0.15, 0.2) is 30.3 Å². The van der Waals surface area contributed by atoms with Crippen LogP contribution in [-0.2, 0) is 19.1 Å². The van der Waals surface area contributed by atoms with E-state index < -0.39 is 0 Å². The molecule has 5 nitrogen and oxygen atoms in total. The van der Waals surface area contributed by atoms with E-state index in [1.165, 1.54) is 0 Å². The summed E-state index contributed by atoms with van der Waals surface area (Å²) in [4.78, 5) is 36.3. The molecule has 1 saturated heterocycles. The van der Waals surface area contributed by atoms with Crippen molar-refractivity contribution in [2.75, 3.05) is 0 Å². The predicted molar refractivity (Wildman–Crippen MR) is 100 cm³/mol. The highest BCUT2D eigenvalue weighted by molar-refractivity contribution is 5.89. The highest BCUT2D eigenvalue weighted by atomic mass is 16.6. The van der Waals surface area contributed by atoms with Crippen molar-refractivity contribution in [3.8, 4) is 0 Å². The molecule has 1 saturated carbocycles. The van der Waals surface area contributed by atoms with Crippen LogP contribution in [-0.4, -0.2) is 29.9 Å². The van der Waals surface area contributed by atoms with E-state index in [9.17, 15) is 14.4 Å². The number of hydrogen-bond donors (Lipinski definition) is 0. The number of fused-ring (bicyclic) bond motifs is 1. The minimum absolute atomic E-state index is 0.00392. The summed E-state index contributed by atoms with van der Waals surface area (Å²) < 4.78 is 11.2. The van der Waals surface area contributed by atoms with Crippen LogP contribution in [0, 0.1) is 11.8 Å². The molecule has 2 fully saturated rings. The largest absolute Gasteiger partial charge is 0.462 e. The summed E-state index contributed by atoms with van der Waals surface area (Å²) in [5.41, 5.74) is 0.515. The third-order valence-corrected chi connectivity index (χ3v) is 5.74. The monoisotopic (exact) mass is 372 g/mol. The molecule has 0 N–H and O–H groups in total. The lowest BCUT2D eigenvalue weighted by Crippen LogP contribution is -2.26. The van der Waals surface area contributed by atoms with Gasteiger partial charge in [0, 0.05) is 31.1 Å². The first-order chi connectivity index (χ1) is 13.1. The SMILES string of the molecule is CCCCCC(=O)CC[C@H]1[C@H](OC(=O)c2ccccc2)CC2OC(=O)C[C@@H]21. The van der Waals surface area contributed by atoms with Crippen LogP contribution < -0.4 is 0 Å². The maximum atomic E-state index is 12.4. The fraction of sp³-hybridized carbons (Fsp3) is 0.591. The first kappa shape index (κ1) is 19.6. The average Bonchev–Trinajstić information content (AvgIpc) is 3.16. The maximum absolute atomic E-state index is 12.4. The molecule has 0 spiro atoms. The Morgan fingerprint density at radius 1 is 1.15 bits per heavy atom. The molecule has 5 heteroatoms. The fourth-order valence-corrected chi connectivity index (χ4v) is 4.30. The third-order valence-electron chi connectivity index (χ3n) is 5.74. The molecule has 1 unspecified atom stereocenters. The lowest BCUT2D eigenvalue weighted by molar-refractivity contribution is -0.141. The lowest BCUT2D eigenvalue weighted by atomic mass is 9.87. The van der Waals surface area contributed by atoms with Gasteiger partial charge in [0.15, 0.2) is 0 Å². The smallest absolute Gasteiger partial charge is 0.338 e. The van der Waals surface area contributed by atoms with Gasteiger partial charge in [-0.25, -0.2) is 4.79 Å². The van der Waals surface area contributed by atoms with Crippen molar-refractivity contribution in [3.05, 3.63) is 35.9 Å². The molecular formula is C22H28O5. The Labute approximate surface area is 160 Å². The summed E-state index contributed by atoms with van der Waals surface area (Å²) in [6.07, 6.45) is 5.23. The minimum Gasteiger partial charge on any atom is -0.462 e. The minimum atomic E-state index is -0.355. The number of rotatable bonds is 9. The van der Waals surface area contributed by atoms with E-state index in [4.69, 9.17) is 9.47 Å². The Kier molecular flexibility index (Phi) is 6.64. The van der Waals surface area contributed by atoms with Crippen molar-refractivity contribution < 1.29 is 23.9 Å². The van der Waals surface area contributed by atoms with Crippen LogP contribution in [0.3, 0.4) is 0 Å². The zero-order valence-corrected chi connectivity index (χ0v) is 15.9. The van der Waals surface area contributed by atoms with E-state index in [2.05, 4.69) is 6.92 Å². The molecule has 1 aromatic carbocycles. The molecule has 0 bridgehead atoms. The van der Waals surface area contributed by atoms with Crippen LogP contribution in [0.1, 0.15) is 68.6 Å². The molecule has 0 amide bonds. The summed E-state index contributed by atoms with van der Waals surface area (Å²) in [6, 6.07) is 8.90. The number of ether oxygens (including phenoxy) is 2. The normalized spacial score (nSPS) is 26.5. The fourth-order valence-electron chi connectivity index (χ4n) is 4.30. The van der Waals surface area contributed by atoms with Crippen LogP contribution >= 0.6 is 0 Å². The molecule has 3 rings (SSSR count). The molecule has 4 atom stereocenters. The van der Waals surface area contributed by atoms with Crippen molar-refractivity contribution in [3.63, 3.8) is 0 Å².